The average Bonchev–Trinajstić information content (AvgIpc) is 2.38. The van der Waals surface area contributed by atoms with E-state index in [-0.39, 0.29) is 5.69 Å². The Bertz CT molecular complexity index is 645. The smallest absolute Gasteiger partial charge is 0.356 e. The van der Waals surface area contributed by atoms with Gasteiger partial charge in [0.05, 0.1) is 19.2 Å². The molecule has 0 aliphatic rings. The highest BCUT2D eigenvalue weighted by Crippen LogP contribution is 2.32. The number of carbonyl (C=O) groups is 1. The van der Waals surface area contributed by atoms with E-state index in [2.05, 4.69) is 43.5 Å². The van der Waals surface area contributed by atoms with Crippen LogP contribution in [-0.2, 0) is 4.74 Å². The van der Waals surface area contributed by atoms with Crippen molar-refractivity contribution < 1.29 is 14.3 Å². The van der Waals surface area contributed by atoms with Crippen molar-refractivity contribution in [2.45, 2.75) is 6.92 Å². The highest BCUT2D eigenvalue weighted by Gasteiger charge is 2.15. The molecule has 1 aromatic carbocycles. The molecule has 0 unspecified atom stereocenters. The molecule has 0 N–H and O–H groups in total. The lowest BCUT2D eigenvalue weighted by atomic mass is 10.2. The highest BCUT2D eigenvalue weighted by atomic mass is 127. The van der Waals surface area contributed by atoms with Crippen molar-refractivity contribution in [1.82, 2.24) is 4.98 Å². The molecule has 2 rings (SSSR count). The van der Waals surface area contributed by atoms with Crippen molar-refractivity contribution in [3.05, 3.63) is 31.9 Å². The minimum Gasteiger partial charge on any atom is -0.493 e. The first kappa shape index (κ1) is 14.5. The second-order valence-electron chi connectivity index (χ2n) is 3.71. The van der Waals surface area contributed by atoms with Gasteiger partial charge in [-0.3, -0.25) is 0 Å². The number of nitrogens with zero attached hydrogens (tertiary/aromatic N) is 1. The number of benzene rings is 1. The first-order chi connectivity index (χ1) is 9.06. The summed E-state index contributed by atoms with van der Waals surface area (Å²) in [6.45, 7) is 2.41. The monoisotopic (exact) mass is 435 g/mol. The Balaban J connectivity index is 2.75. The summed E-state index contributed by atoms with van der Waals surface area (Å²) in [5.41, 5.74) is 0.923. The van der Waals surface area contributed by atoms with E-state index in [1.165, 1.54) is 7.11 Å². The zero-order valence-corrected chi connectivity index (χ0v) is 14.1. The Kier molecular flexibility index (Phi) is 4.62. The first-order valence-electron chi connectivity index (χ1n) is 5.57. The number of rotatable bonds is 3. The van der Waals surface area contributed by atoms with Crippen molar-refractivity contribution in [2.24, 2.45) is 0 Å². The third kappa shape index (κ3) is 3.00. The van der Waals surface area contributed by atoms with Gasteiger partial charge in [-0.15, -0.1) is 0 Å². The van der Waals surface area contributed by atoms with Crippen molar-refractivity contribution in [2.75, 3.05) is 13.7 Å². The van der Waals surface area contributed by atoms with E-state index in [9.17, 15) is 4.79 Å². The summed E-state index contributed by atoms with van der Waals surface area (Å²) in [5, 5.41) is 0.869. The predicted octanol–water partition coefficient (Wildman–Crippen LogP) is 3.79. The molecule has 0 saturated carbocycles. The van der Waals surface area contributed by atoms with Gasteiger partial charge in [-0.05, 0) is 57.6 Å². The SMILES string of the molecule is CCOc1cc(C(=O)OC)nc2c(Br)cc(I)cc12. The van der Waals surface area contributed by atoms with Gasteiger partial charge in [-0.25, -0.2) is 9.78 Å². The molecule has 1 heterocycles. The van der Waals surface area contributed by atoms with E-state index < -0.39 is 5.97 Å². The van der Waals surface area contributed by atoms with Crippen molar-refractivity contribution in [3.63, 3.8) is 0 Å². The van der Waals surface area contributed by atoms with E-state index >= 15 is 0 Å². The Morgan fingerprint density at radius 1 is 1.42 bits per heavy atom. The number of aromatic nitrogens is 1. The van der Waals surface area contributed by atoms with Gasteiger partial charge in [-0.2, -0.15) is 0 Å². The fraction of sp³-hybridized carbons (Fsp3) is 0.231. The number of hydrogen-bond donors (Lipinski definition) is 0. The van der Waals surface area contributed by atoms with Gasteiger partial charge in [0.15, 0.2) is 5.69 Å². The molecule has 0 aliphatic carbocycles. The van der Waals surface area contributed by atoms with Crippen LogP contribution in [0.5, 0.6) is 5.75 Å². The molecule has 0 bridgehead atoms. The molecule has 0 aliphatic heterocycles. The van der Waals surface area contributed by atoms with Crippen LogP contribution in [0.15, 0.2) is 22.7 Å². The minimum atomic E-state index is -0.478. The molecule has 0 spiro atoms. The third-order valence-corrected chi connectivity index (χ3v) is 3.72. The highest BCUT2D eigenvalue weighted by molar-refractivity contribution is 14.1. The van der Waals surface area contributed by atoms with E-state index in [0.29, 0.717) is 17.9 Å². The van der Waals surface area contributed by atoms with Crippen LogP contribution in [0, 0.1) is 3.57 Å². The number of methoxy groups -OCH3 is 1. The molecule has 1 aromatic heterocycles. The van der Waals surface area contributed by atoms with Gasteiger partial charge < -0.3 is 9.47 Å². The predicted molar refractivity (Wildman–Crippen MR) is 84.7 cm³/mol. The molecule has 4 nitrogen and oxygen atoms in total. The number of carbonyl (C=O) groups excluding carboxylic acids is 1. The zero-order chi connectivity index (χ0) is 14.0. The van der Waals surface area contributed by atoms with Gasteiger partial charge in [0.1, 0.15) is 5.75 Å². The molecule has 0 radical (unpaired) electrons. The molecule has 0 saturated heterocycles. The van der Waals surface area contributed by atoms with Crippen LogP contribution in [0.25, 0.3) is 10.9 Å². The Morgan fingerprint density at radius 3 is 2.79 bits per heavy atom. The molecule has 0 atom stereocenters. The van der Waals surface area contributed by atoms with Crippen LogP contribution in [0.2, 0.25) is 0 Å². The summed E-state index contributed by atoms with van der Waals surface area (Å²) in [6.07, 6.45) is 0. The maximum atomic E-state index is 11.6. The second-order valence-corrected chi connectivity index (χ2v) is 5.81. The van der Waals surface area contributed by atoms with Gasteiger partial charge in [0.25, 0.3) is 0 Å². The lowest BCUT2D eigenvalue weighted by molar-refractivity contribution is 0.0594. The maximum absolute atomic E-state index is 11.6. The summed E-state index contributed by atoms with van der Waals surface area (Å²) >= 11 is 5.69. The van der Waals surface area contributed by atoms with Crippen LogP contribution in [0.4, 0.5) is 0 Å². The lowest BCUT2D eigenvalue weighted by Crippen LogP contribution is -2.06. The zero-order valence-electron chi connectivity index (χ0n) is 10.4. The normalized spacial score (nSPS) is 10.5. The van der Waals surface area contributed by atoms with Crippen LogP contribution in [0.1, 0.15) is 17.4 Å². The van der Waals surface area contributed by atoms with Crippen LogP contribution >= 0.6 is 38.5 Å². The van der Waals surface area contributed by atoms with E-state index in [4.69, 9.17) is 9.47 Å². The van der Waals surface area contributed by atoms with Gasteiger partial charge in [-0.1, -0.05) is 0 Å². The van der Waals surface area contributed by atoms with E-state index in [1.54, 1.807) is 6.07 Å². The standard InChI is InChI=1S/C13H11BrINO3/c1-3-19-11-6-10(13(17)18-2)16-12-8(11)4-7(15)5-9(12)14/h4-6H,3H2,1-2H3. The van der Waals surface area contributed by atoms with Gasteiger partial charge in [0, 0.05) is 19.5 Å². The molecular formula is C13H11BrINO3. The van der Waals surface area contributed by atoms with E-state index in [0.717, 1.165) is 13.4 Å². The number of esters is 1. The van der Waals surface area contributed by atoms with Crippen molar-refractivity contribution >= 4 is 55.4 Å². The number of hydrogen-bond acceptors (Lipinski definition) is 4. The largest absolute Gasteiger partial charge is 0.493 e. The third-order valence-electron chi connectivity index (χ3n) is 2.49. The van der Waals surface area contributed by atoms with Crippen LogP contribution in [0.3, 0.4) is 0 Å². The number of halogens is 2. The molecule has 2 aromatic rings. The number of fused-ring (bicyclic) bond motifs is 1. The summed E-state index contributed by atoms with van der Waals surface area (Å²) in [6, 6.07) is 5.52. The Morgan fingerprint density at radius 2 is 2.16 bits per heavy atom. The van der Waals surface area contributed by atoms with Crippen molar-refractivity contribution in [3.8, 4) is 5.75 Å². The first-order valence-corrected chi connectivity index (χ1v) is 7.45. The second kappa shape index (κ2) is 6.04. The molecule has 0 amide bonds. The topological polar surface area (TPSA) is 48.4 Å². The minimum absolute atomic E-state index is 0.236. The Hall–Kier alpha value is -0.890. The molecular weight excluding hydrogens is 425 g/mol. The molecule has 19 heavy (non-hydrogen) atoms. The van der Waals surface area contributed by atoms with Gasteiger partial charge >= 0.3 is 5.97 Å². The summed E-state index contributed by atoms with van der Waals surface area (Å²) in [4.78, 5) is 16.0. The lowest BCUT2D eigenvalue weighted by Gasteiger charge is -2.10. The molecule has 100 valence electrons. The Labute approximate surface area is 132 Å². The fourth-order valence-corrected chi connectivity index (χ4v) is 3.31. The van der Waals surface area contributed by atoms with E-state index in [1.807, 2.05) is 19.1 Å². The number of pyridine rings is 1. The van der Waals surface area contributed by atoms with Gasteiger partial charge in [0.2, 0.25) is 0 Å². The van der Waals surface area contributed by atoms with Crippen LogP contribution in [-0.4, -0.2) is 24.7 Å². The fourth-order valence-electron chi connectivity index (χ4n) is 1.71. The number of ether oxygens (including phenoxy) is 2. The van der Waals surface area contributed by atoms with Crippen molar-refractivity contribution in [1.29, 1.82) is 0 Å². The maximum Gasteiger partial charge on any atom is 0.356 e. The molecule has 6 heteroatoms. The summed E-state index contributed by atoms with van der Waals surface area (Å²) < 4.78 is 12.2. The average molecular weight is 436 g/mol. The summed E-state index contributed by atoms with van der Waals surface area (Å²) in [5.74, 6) is 0.153. The quantitative estimate of drug-likeness (QED) is 0.543. The molecule has 0 fully saturated rings. The summed E-state index contributed by atoms with van der Waals surface area (Å²) in [7, 11) is 1.33. The van der Waals surface area contributed by atoms with Crippen LogP contribution < -0.4 is 4.74 Å².